The van der Waals surface area contributed by atoms with E-state index >= 15 is 0 Å². The Bertz CT molecular complexity index is 711. The number of urea groups is 1. The first kappa shape index (κ1) is 16.0. The van der Waals surface area contributed by atoms with Crippen molar-refractivity contribution in [1.29, 1.82) is 0 Å². The zero-order valence-corrected chi connectivity index (χ0v) is 13.8. The van der Waals surface area contributed by atoms with Crippen LogP contribution in [0.4, 0.5) is 4.79 Å². The minimum atomic E-state index is -0.426. The van der Waals surface area contributed by atoms with E-state index in [1.165, 1.54) is 0 Å². The number of carbonyl (C=O) groups is 2. The number of nitrogens with zero attached hydrogens (tertiary/aromatic N) is 3. The van der Waals surface area contributed by atoms with Crippen molar-refractivity contribution in [2.24, 2.45) is 0 Å². The zero-order valence-electron chi connectivity index (χ0n) is 13.8. The van der Waals surface area contributed by atoms with Crippen LogP contribution < -0.4 is 10.6 Å². The summed E-state index contributed by atoms with van der Waals surface area (Å²) >= 11 is 0. The molecule has 2 atom stereocenters. The average Bonchev–Trinajstić information content (AvgIpc) is 3.21. The lowest BCUT2D eigenvalue weighted by atomic mass is 10.1. The molecule has 0 saturated carbocycles. The number of rotatable bonds is 4. The lowest BCUT2D eigenvalue weighted by molar-refractivity contribution is -0.128. The maximum absolute atomic E-state index is 12.1. The third-order valence-corrected chi connectivity index (χ3v) is 4.24. The Morgan fingerprint density at radius 2 is 2.08 bits per heavy atom. The van der Waals surface area contributed by atoms with E-state index in [2.05, 4.69) is 15.7 Å². The minimum Gasteiger partial charge on any atom is -0.344 e. The first-order chi connectivity index (χ1) is 11.5. The van der Waals surface area contributed by atoms with Gasteiger partial charge in [-0.15, -0.1) is 0 Å². The molecule has 24 heavy (non-hydrogen) atoms. The number of hydrogen-bond acceptors (Lipinski definition) is 3. The summed E-state index contributed by atoms with van der Waals surface area (Å²) in [6, 6.07) is 8.77. The van der Waals surface area contributed by atoms with E-state index < -0.39 is 6.04 Å². The number of amides is 3. The Balaban J connectivity index is 1.57. The summed E-state index contributed by atoms with van der Waals surface area (Å²) in [5.74, 6) is -0.0404. The molecule has 1 aromatic heterocycles. The van der Waals surface area contributed by atoms with Gasteiger partial charge < -0.3 is 15.5 Å². The van der Waals surface area contributed by atoms with Crippen molar-refractivity contribution in [3.8, 4) is 5.69 Å². The summed E-state index contributed by atoms with van der Waals surface area (Å²) in [6.07, 6.45) is 4.25. The van der Waals surface area contributed by atoms with Gasteiger partial charge in [-0.1, -0.05) is 12.1 Å². The van der Waals surface area contributed by atoms with Crippen LogP contribution in [0, 0.1) is 0 Å². The van der Waals surface area contributed by atoms with Gasteiger partial charge in [0.15, 0.2) is 0 Å². The van der Waals surface area contributed by atoms with Crippen LogP contribution in [-0.2, 0) is 4.79 Å². The maximum Gasteiger partial charge on any atom is 0.315 e. The first-order valence-electron chi connectivity index (χ1n) is 7.96. The number of benzene rings is 1. The van der Waals surface area contributed by atoms with Crippen LogP contribution in [0.2, 0.25) is 0 Å². The van der Waals surface area contributed by atoms with Crippen LogP contribution in [0.1, 0.15) is 24.9 Å². The summed E-state index contributed by atoms with van der Waals surface area (Å²) in [5.41, 5.74) is 1.94. The predicted octanol–water partition coefficient (Wildman–Crippen LogP) is 1.46. The van der Waals surface area contributed by atoms with Crippen LogP contribution in [0.15, 0.2) is 42.7 Å². The van der Waals surface area contributed by atoms with Crippen LogP contribution in [0.25, 0.3) is 5.69 Å². The van der Waals surface area contributed by atoms with Gasteiger partial charge in [0, 0.05) is 26.0 Å². The summed E-state index contributed by atoms with van der Waals surface area (Å²) in [5, 5.41) is 9.79. The summed E-state index contributed by atoms with van der Waals surface area (Å²) in [7, 11) is 1.74. The van der Waals surface area contributed by atoms with Gasteiger partial charge in [-0.25, -0.2) is 9.48 Å². The molecule has 0 bridgehead atoms. The molecule has 7 heteroatoms. The van der Waals surface area contributed by atoms with Gasteiger partial charge in [0.05, 0.1) is 11.7 Å². The van der Waals surface area contributed by atoms with E-state index in [0.717, 1.165) is 11.3 Å². The van der Waals surface area contributed by atoms with Gasteiger partial charge in [-0.2, -0.15) is 5.10 Å². The molecule has 3 amide bonds. The number of carbonyl (C=O) groups excluding carboxylic acids is 2. The Kier molecular flexibility index (Phi) is 4.50. The molecule has 2 heterocycles. The number of likely N-dealkylation sites (N-methyl/N-ethyl adjacent to an activating group) is 1. The molecule has 0 spiro atoms. The van der Waals surface area contributed by atoms with Crippen molar-refractivity contribution in [2.75, 3.05) is 13.6 Å². The molecule has 1 aromatic carbocycles. The molecule has 3 rings (SSSR count). The van der Waals surface area contributed by atoms with Gasteiger partial charge in [-0.3, -0.25) is 4.79 Å². The van der Waals surface area contributed by atoms with Crippen LogP contribution in [0.3, 0.4) is 0 Å². The first-order valence-corrected chi connectivity index (χ1v) is 7.96. The van der Waals surface area contributed by atoms with E-state index in [4.69, 9.17) is 0 Å². The van der Waals surface area contributed by atoms with Crippen molar-refractivity contribution in [3.05, 3.63) is 48.3 Å². The summed E-state index contributed by atoms with van der Waals surface area (Å²) < 4.78 is 1.77. The number of hydrogen-bond donors (Lipinski definition) is 2. The Morgan fingerprint density at radius 1 is 1.33 bits per heavy atom. The van der Waals surface area contributed by atoms with E-state index in [1.54, 1.807) is 22.8 Å². The third-order valence-electron chi connectivity index (χ3n) is 4.24. The molecule has 1 saturated heterocycles. The highest BCUT2D eigenvalue weighted by Gasteiger charge is 2.30. The van der Waals surface area contributed by atoms with Crippen LogP contribution >= 0.6 is 0 Å². The fourth-order valence-electron chi connectivity index (χ4n) is 2.77. The lowest BCUT2D eigenvalue weighted by Gasteiger charge is -2.18. The highest BCUT2D eigenvalue weighted by atomic mass is 16.2. The van der Waals surface area contributed by atoms with Crippen molar-refractivity contribution in [1.82, 2.24) is 25.3 Å². The van der Waals surface area contributed by atoms with Gasteiger partial charge >= 0.3 is 6.03 Å². The average molecular weight is 327 g/mol. The molecule has 2 aromatic rings. The van der Waals surface area contributed by atoms with Gasteiger partial charge in [-0.05, 0) is 37.1 Å². The van der Waals surface area contributed by atoms with E-state index in [0.29, 0.717) is 13.0 Å². The molecular weight excluding hydrogens is 306 g/mol. The third kappa shape index (κ3) is 3.40. The number of likely N-dealkylation sites (tertiary alicyclic amines) is 1. The Morgan fingerprint density at radius 3 is 2.67 bits per heavy atom. The summed E-state index contributed by atoms with van der Waals surface area (Å²) in [6.45, 7) is 2.58. The molecule has 7 nitrogen and oxygen atoms in total. The SMILES string of the molecule is C[C@H](NC(=O)N[C@@H]1CCN(C)C1=O)c1ccc(-n2cccn2)cc1. The second kappa shape index (κ2) is 6.74. The molecule has 0 radical (unpaired) electrons. The monoisotopic (exact) mass is 327 g/mol. The molecule has 2 N–H and O–H groups in total. The van der Waals surface area contributed by atoms with Crippen molar-refractivity contribution < 1.29 is 9.59 Å². The molecular formula is C17H21N5O2. The zero-order chi connectivity index (χ0) is 17.1. The van der Waals surface area contributed by atoms with Gasteiger partial charge in [0.25, 0.3) is 0 Å². The second-order valence-corrected chi connectivity index (χ2v) is 5.98. The lowest BCUT2D eigenvalue weighted by Crippen LogP contribution is -2.46. The number of nitrogens with one attached hydrogen (secondary N) is 2. The van der Waals surface area contributed by atoms with Crippen molar-refractivity contribution >= 4 is 11.9 Å². The largest absolute Gasteiger partial charge is 0.344 e. The number of aromatic nitrogens is 2. The normalized spacial score (nSPS) is 18.5. The Hall–Kier alpha value is -2.83. The predicted molar refractivity (Wildman–Crippen MR) is 89.7 cm³/mol. The Labute approximate surface area is 140 Å². The fourth-order valence-corrected chi connectivity index (χ4v) is 2.77. The molecule has 0 unspecified atom stereocenters. The second-order valence-electron chi connectivity index (χ2n) is 5.98. The molecule has 1 fully saturated rings. The van der Waals surface area contributed by atoms with Crippen LogP contribution in [-0.4, -0.2) is 46.3 Å². The molecule has 1 aliphatic rings. The highest BCUT2D eigenvalue weighted by Crippen LogP contribution is 2.15. The van der Waals surface area contributed by atoms with Gasteiger partial charge in [0.2, 0.25) is 5.91 Å². The van der Waals surface area contributed by atoms with Crippen molar-refractivity contribution in [3.63, 3.8) is 0 Å². The summed E-state index contributed by atoms with van der Waals surface area (Å²) in [4.78, 5) is 25.5. The molecule has 126 valence electrons. The molecule has 1 aliphatic heterocycles. The smallest absolute Gasteiger partial charge is 0.315 e. The standard InChI is InChI=1S/C17H21N5O2/c1-12(19-17(24)20-15-8-11-21(2)16(15)23)13-4-6-14(7-5-13)22-10-3-9-18-22/h3-7,9-10,12,15H,8,11H2,1-2H3,(H2,19,20,24)/t12-,15+/m0/s1. The quantitative estimate of drug-likeness (QED) is 0.892. The van der Waals surface area contributed by atoms with E-state index in [-0.39, 0.29) is 18.0 Å². The van der Waals surface area contributed by atoms with E-state index in [9.17, 15) is 9.59 Å². The fraction of sp³-hybridized carbons (Fsp3) is 0.353. The topological polar surface area (TPSA) is 79.3 Å². The highest BCUT2D eigenvalue weighted by molar-refractivity contribution is 5.88. The van der Waals surface area contributed by atoms with Crippen LogP contribution in [0.5, 0.6) is 0 Å². The van der Waals surface area contributed by atoms with Gasteiger partial charge in [0.1, 0.15) is 6.04 Å². The van der Waals surface area contributed by atoms with E-state index in [1.807, 2.05) is 43.5 Å². The minimum absolute atomic E-state index is 0.0404. The molecule has 0 aliphatic carbocycles. The maximum atomic E-state index is 12.1. The van der Waals surface area contributed by atoms with Crippen molar-refractivity contribution in [2.45, 2.75) is 25.4 Å².